The van der Waals surface area contributed by atoms with Crippen LogP contribution < -0.4 is 4.90 Å². The number of ether oxygens (including phenoxy) is 2. The molecule has 1 aromatic heterocycles. The van der Waals surface area contributed by atoms with Crippen LogP contribution in [0, 0.1) is 6.92 Å². The van der Waals surface area contributed by atoms with Crippen LogP contribution in [-0.4, -0.2) is 59.8 Å². The highest BCUT2D eigenvalue weighted by Crippen LogP contribution is 2.27. The molecule has 0 spiro atoms. The number of piperazine rings is 1. The first-order chi connectivity index (χ1) is 11.9. The number of rotatable bonds is 2. The Morgan fingerprint density at radius 2 is 1.85 bits per heavy atom. The number of anilines is 1. The van der Waals surface area contributed by atoms with E-state index in [0.717, 1.165) is 5.69 Å². The summed E-state index contributed by atoms with van der Waals surface area (Å²) in [6.07, 6.45) is -0.311. The van der Waals surface area contributed by atoms with Crippen molar-refractivity contribution in [3.8, 4) is 0 Å². The summed E-state index contributed by atoms with van der Waals surface area (Å²) in [6, 6.07) is 3.44. The van der Waals surface area contributed by atoms with Gasteiger partial charge in [0.15, 0.2) is 0 Å². The molecule has 2 rings (SSSR count). The van der Waals surface area contributed by atoms with E-state index < -0.39 is 11.1 Å². The van der Waals surface area contributed by atoms with Crippen molar-refractivity contribution in [1.29, 1.82) is 0 Å². The SMILES string of the molecule is COC(=O)c1cc(C)nc(N2CCN(C(=O)OC(C)(C)C)C(C)(C)C2)c1. The highest BCUT2D eigenvalue weighted by Gasteiger charge is 2.39. The van der Waals surface area contributed by atoms with Gasteiger partial charge in [0.1, 0.15) is 11.4 Å². The lowest BCUT2D eigenvalue weighted by atomic mass is 9.99. The van der Waals surface area contributed by atoms with E-state index in [1.807, 2.05) is 41.5 Å². The van der Waals surface area contributed by atoms with Gasteiger partial charge in [-0.25, -0.2) is 14.6 Å². The molecule has 1 aliphatic rings. The van der Waals surface area contributed by atoms with E-state index >= 15 is 0 Å². The average Bonchev–Trinajstić information content (AvgIpc) is 2.50. The van der Waals surface area contributed by atoms with Crippen LogP contribution >= 0.6 is 0 Å². The van der Waals surface area contributed by atoms with Gasteiger partial charge in [0, 0.05) is 25.3 Å². The van der Waals surface area contributed by atoms with Crippen molar-refractivity contribution >= 4 is 17.9 Å². The molecule has 1 amide bonds. The van der Waals surface area contributed by atoms with Crippen molar-refractivity contribution in [2.24, 2.45) is 0 Å². The van der Waals surface area contributed by atoms with Crippen LogP contribution in [0.25, 0.3) is 0 Å². The molecule has 0 saturated carbocycles. The van der Waals surface area contributed by atoms with Crippen LogP contribution in [0.15, 0.2) is 12.1 Å². The number of aryl methyl sites for hydroxylation is 1. The van der Waals surface area contributed by atoms with Gasteiger partial charge < -0.3 is 14.4 Å². The van der Waals surface area contributed by atoms with Crippen molar-refractivity contribution in [2.45, 2.75) is 52.7 Å². The number of aromatic nitrogens is 1. The molecule has 0 bridgehead atoms. The fourth-order valence-corrected chi connectivity index (χ4v) is 3.05. The summed E-state index contributed by atoms with van der Waals surface area (Å²) in [6.45, 7) is 13.1. The Morgan fingerprint density at radius 3 is 2.38 bits per heavy atom. The monoisotopic (exact) mass is 363 g/mol. The van der Waals surface area contributed by atoms with Crippen LogP contribution in [0.4, 0.5) is 10.6 Å². The molecular formula is C19H29N3O4. The highest BCUT2D eigenvalue weighted by atomic mass is 16.6. The van der Waals surface area contributed by atoms with Crippen molar-refractivity contribution < 1.29 is 19.1 Å². The molecule has 0 radical (unpaired) electrons. The number of nitrogens with zero attached hydrogens (tertiary/aromatic N) is 3. The molecule has 0 aromatic carbocycles. The lowest BCUT2D eigenvalue weighted by Crippen LogP contribution is -2.62. The van der Waals surface area contributed by atoms with Gasteiger partial charge in [0.05, 0.1) is 18.2 Å². The number of esters is 1. The third-order valence-electron chi connectivity index (χ3n) is 4.20. The van der Waals surface area contributed by atoms with Crippen molar-refractivity contribution in [2.75, 3.05) is 31.6 Å². The molecule has 0 aliphatic carbocycles. The number of pyridine rings is 1. The van der Waals surface area contributed by atoms with Crippen molar-refractivity contribution in [3.05, 3.63) is 23.4 Å². The normalized spacial score (nSPS) is 17.0. The number of hydrogen-bond acceptors (Lipinski definition) is 6. The van der Waals surface area contributed by atoms with Crippen molar-refractivity contribution in [3.63, 3.8) is 0 Å². The molecule has 1 fully saturated rings. The Hall–Kier alpha value is -2.31. The lowest BCUT2D eigenvalue weighted by molar-refractivity contribution is 0.000301. The summed E-state index contributed by atoms with van der Waals surface area (Å²) < 4.78 is 10.3. The fraction of sp³-hybridized carbons (Fsp3) is 0.632. The molecule has 0 N–H and O–H groups in total. The quantitative estimate of drug-likeness (QED) is 0.752. The first kappa shape index (κ1) is 20.0. The van der Waals surface area contributed by atoms with Gasteiger partial charge >= 0.3 is 12.1 Å². The Balaban J connectivity index is 2.20. The third-order valence-corrected chi connectivity index (χ3v) is 4.20. The molecule has 1 aliphatic heterocycles. The first-order valence-corrected chi connectivity index (χ1v) is 8.75. The second kappa shape index (κ2) is 7.13. The standard InChI is InChI=1S/C19H29N3O4/c1-13-10-14(16(23)25-7)11-15(20-13)21-8-9-22(19(5,6)12-21)17(24)26-18(2,3)4/h10-11H,8-9,12H2,1-7H3. The van der Waals surface area contributed by atoms with Gasteiger partial charge in [-0.2, -0.15) is 0 Å². The van der Waals surface area contributed by atoms with E-state index in [-0.39, 0.29) is 12.1 Å². The summed E-state index contributed by atoms with van der Waals surface area (Å²) in [5.41, 5.74) is 0.257. The Kier molecular flexibility index (Phi) is 5.49. The number of carbonyl (C=O) groups is 2. The largest absolute Gasteiger partial charge is 0.465 e. The van der Waals surface area contributed by atoms with Crippen LogP contribution in [0.5, 0.6) is 0 Å². The van der Waals surface area contributed by atoms with Crippen molar-refractivity contribution in [1.82, 2.24) is 9.88 Å². The predicted molar refractivity (Wildman–Crippen MR) is 99.5 cm³/mol. The van der Waals surface area contributed by atoms with E-state index in [4.69, 9.17) is 9.47 Å². The van der Waals surface area contributed by atoms with E-state index in [2.05, 4.69) is 9.88 Å². The van der Waals surface area contributed by atoms with Gasteiger partial charge in [-0.3, -0.25) is 4.90 Å². The number of methoxy groups -OCH3 is 1. The van der Waals surface area contributed by atoms with Crippen LogP contribution in [-0.2, 0) is 9.47 Å². The van der Waals surface area contributed by atoms with E-state index in [0.29, 0.717) is 31.0 Å². The zero-order chi connectivity index (χ0) is 19.7. The molecule has 7 heteroatoms. The first-order valence-electron chi connectivity index (χ1n) is 8.75. The molecule has 7 nitrogen and oxygen atoms in total. The molecular weight excluding hydrogens is 334 g/mol. The zero-order valence-corrected chi connectivity index (χ0v) is 16.8. The average molecular weight is 363 g/mol. The smallest absolute Gasteiger partial charge is 0.410 e. The highest BCUT2D eigenvalue weighted by molar-refractivity contribution is 5.90. The van der Waals surface area contributed by atoms with Gasteiger partial charge in [-0.1, -0.05) is 0 Å². The van der Waals surface area contributed by atoms with Gasteiger partial charge in [0.25, 0.3) is 0 Å². The van der Waals surface area contributed by atoms with Gasteiger partial charge in [-0.05, 0) is 53.7 Å². The van der Waals surface area contributed by atoms with Gasteiger partial charge in [0.2, 0.25) is 0 Å². The lowest BCUT2D eigenvalue weighted by Gasteiger charge is -2.47. The number of amides is 1. The number of carbonyl (C=O) groups excluding carboxylic acids is 2. The molecule has 1 aromatic rings. The predicted octanol–water partition coefficient (Wildman–Crippen LogP) is 3.01. The maximum absolute atomic E-state index is 12.5. The van der Waals surface area contributed by atoms with Crippen LogP contribution in [0.3, 0.4) is 0 Å². The van der Waals surface area contributed by atoms with Gasteiger partial charge in [-0.15, -0.1) is 0 Å². The summed E-state index contributed by atoms with van der Waals surface area (Å²) in [4.78, 5) is 32.8. The fourth-order valence-electron chi connectivity index (χ4n) is 3.05. The maximum Gasteiger partial charge on any atom is 0.410 e. The number of hydrogen-bond donors (Lipinski definition) is 0. The van der Waals surface area contributed by atoms with E-state index in [9.17, 15) is 9.59 Å². The zero-order valence-electron chi connectivity index (χ0n) is 16.8. The maximum atomic E-state index is 12.5. The van der Waals surface area contributed by atoms with E-state index in [1.165, 1.54) is 7.11 Å². The van der Waals surface area contributed by atoms with Crippen LogP contribution in [0.1, 0.15) is 50.7 Å². The minimum Gasteiger partial charge on any atom is -0.465 e. The minimum atomic E-state index is -0.530. The Bertz CT molecular complexity index is 695. The molecule has 1 saturated heterocycles. The third kappa shape index (κ3) is 4.65. The summed E-state index contributed by atoms with van der Waals surface area (Å²) >= 11 is 0. The van der Waals surface area contributed by atoms with Crippen LogP contribution in [0.2, 0.25) is 0 Å². The second-order valence-corrected chi connectivity index (χ2v) is 8.21. The summed E-state index contributed by atoms with van der Waals surface area (Å²) in [5, 5.41) is 0. The summed E-state index contributed by atoms with van der Waals surface area (Å²) in [5.74, 6) is 0.325. The second-order valence-electron chi connectivity index (χ2n) is 8.21. The minimum absolute atomic E-state index is 0.311. The Morgan fingerprint density at radius 1 is 1.19 bits per heavy atom. The Labute approximate surface area is 155 Å². The molecule has 0 unspecified atom stereocenters. The molecule has 26 heavy (non-hydrogen) atoms. The van der Waals surface area contributed by atoms with E-state index in [1.54, 1.807) is 17.0 Å². The molecule has 2 heterocycles. The molecule has 144 valence electrons. The molecule has 0 atom stereocenters. The topological polar surface area (TPSA) is 72.0 Å². The summed E-state index contributed by atoms with van der Waals surface area (Å²) in [7, 11) is 1.36.